The number of carbonyl (C=O) groups is 2. The number of halogens is 1. The van der Waals surface area contributed by atoms with Gasteiger partial charge >= 0.3 is 0 Å². The molecule has 41 heavy (non-hydrogen) atoms. The minimum absolute atomic E-state index is 0.0754. The number of nitrogens with one attached hydrogen (secondary N) is 1. The number of amides is 2. The molecule has 3 rings (SSSR count). The topological polar surface area (TPSA) is 86.8 Å². The molecule has 9 heteroatoms. The van der Waals surface area contributed by atoms with Crippen molar-refractivity contribution in [2.75, 3.05) is 23.7 Å². The van der Waals surface area contributed by atoms with Crippen molar-refractivity contribution in [1.82, 2.24) is 10.2 Å². The van der Waals surface area contributed by atoms with Crippen LogP contribution in [0.15, 0.2) is 78.9 Å². The summed E-state index contributed by atoms with van der Waals surface area (Å²) in [4.78, 5) is 29.0. The Morgan fingerprint density at radius 3 is 2.17 bits per heavy atom. The van der Waals surface area contributed by atoms with Gasteiger partial charge in [0.25, 0.3) is 0 Å². The molecule has 220 valence electrons. The van der Waals surface area contributed by atoms with E-state index in [1.165, 1.54) is 4.31 Å². The number of carbonyl (C=O) groups excluding carboxylic acids is 2. The van der Waals surface area contributed by atoms with E-state index < -0.39 is 16.1 Å². The summed E-state index contributed by atoms with van der Waals surface area (Å²) in [5.41, 5.74) is 3.12. The average Bonchev–Trinajstić information content (AvgIpc) is 2.95. The lowest BCUT2D eigenvalue weighted by Crippen LogP contribution is -2.50. The smallest absolute Gasteiger partial charge is 0.243 e. The first-order valence-corrected chi connectivity index (χ1v) is 16.2. The summed E-state index contributed by atoms with van der Waals surface area (Å²) >= 11 is 6.17. The maximum Gasteiger partial charge on any atom is 0.243 e. The minimum Gasteiger partial charge on any atom is -0.354 e. The predicted molar refractivity (Wildman–Crippen MR) is 166 cm³/mol. The third-order valence-electron chi connectivity index (χ3n) is 6.89. The van der Waals surface area contributed by atoms with Crippen molar-refractivity contribution in [1.29, 1.82) is 0 Å². The average molecular weight is 598 g/mol. The van der Waals surface area contributed by atoms with Gasteiger partial charge in [-0.2, -0.15) is 0 Å². The molecule has 1 N–H and O–H groups in total. The third-order valence-corrected chi connectivity index (χ3v) is 8.30. The van der Waals surface area contributed by atoms with E-state index in [2.05, 4.69) is 12.2 Å². The van der Waals surface area contributed by atoms with Crippen LogP contribution in [-0.2, 0) is 32.6 Å². The first-order valence-electron chi connectivity index (χ1n) is 14.0. The van der Waals surface area contributed by atoms with Crippen molar-refractivity contribution in [2.45, 2.75) is 58.5 Å². The molecule has 0 saturated heterocycles. The molecule has 0 aliphatic carbocycles. The number of hydrogen-bond donors (Lipinski definition) is 1. The minimum atomic E-state index is -3.62. The van der Waals surface area contributed by atoms with Crippen molar-refractivity contribution in [3.8, 4) is 0 Å². The van der Waals surface area contributed by atoms with E-state index in [9.17, 15) is 18.0 Å². The molecule has 0 spiro atoms. The fourth-order valence-electron chi connectivity index (χ4n) is 4.67. The zero-order valence-corrected chi connectivity index (χ0v) is 25.6. The Bertz CT molecular complexity index is 1380. The third kappa shape index (κ3) is 9.90. The van der Waals surface area contributed by atoms with Gasteiger partial charge in [-0.05, 0) is 48.6 Å². The standard InChI is InChI=1S/C32H40ClN3O4S/c1-4-5-20-34-32(38)30(22-26-13-8-6-9-14-26)35(24-27-15-10-7-11-16-27)31(37)17-12-21-36(41(3,39)40)29-23-28(33)19-18-25(29)2/h6-11,13-16,18-19,23,30H,4-5,12,17,20-22,24H2,1-3H3,(H,34,38)/t30-/m1/s1. The molecular weight excluding hydrogens is 558 g/mol. The molecule has 1 atom stereocenters. The molecule has 0 fully saturated rings. The lowest BCUT2D eigenvalue weighted by atomic mass is 10.0. The van der Waals surface area contributed by atoms with Gasteiger partial charge in [0.1, 0.15) is 6.04 Å². The Labute approximate surface area is 249 Å². The Balaban J connectivity index is 1.86. The lowest BCUT2D eigenvalue weighted by Gasteiger charge is -2.32. The van der Waals surface area contributed by atoms with Gasteiger partial charge < -0.3 is 10.2 Å². The molecule has 0 bridgehead atoms. The van der Waals surface area contributed by atoms with Gasteiger partial charge in [-0.15, -0.1) is 0 Å². The van der Waals surface area contributed by atoms with Crippen LogP contribution >= 0.6 is 11.6 Å². The highest BCUT2D eigenvalue weighted by Gasteiger charge is 2.30. The van der Waals surface area contributed by atoms with Crippen LogP contribution in [0.2, 0.25) is 5.02 Å². The molecule has 3 aromatic carbocycles. The van der Waals surface area contributed by atoms with Crippen LogP contribution in [0.25, 0.3) is 0 Å². The number of nitrogens with zero attached hydrogens (tertiary/aromatic N) is 2. The number of rotatable bonds is 15. The van der Waals surface area contributed by atoms with E-state index >= 15 is 0 Å². The van der Waals surface area contributed by atoms with Crippen LogP contribution in [0.5, 0.6) is 0 Å². The number of hydrogen-bond acceptors (Lipinski definition) is 4. The fraction of sp³-hybridized carbons (Fsp3) is 0.375. The van der Waals surface area contributed by atoms with E-state index in [-0.39, 0.29) is 37.7 Å². The number of aryl methyl sites for hydroxylation is 1. The summed E-state index contributed by atoms with van der Waals surface area (Å²) in [7, 11) is -3.62. The van der Waals surface area contributed by atoms with Crippen molar-refractivity contribution < 1.29 is 18.0 Å². The van der Waals surface area contributed by atoms with Crippen molar-refractivity contribution >= 4 is 39.1 Å². The molecular formula is C32H40ClN3O4S. The van der Waals surface area contributed by atoms with Gasteiger partial charge in [0.15, 0.2) is 0 Å². The molecule has 0 aliphatic rings. The highest BCUT2D eigenvalue weighted by Crippen LogP contribution is 2.27. The van der Waals surface area contributed by atoms with Crippen molar-refractivity contribution in [2.24, 2.45) is 0 Å². The Hall–Kier alpha value is -3.36. The maximum absolute atomic E-state index is 13.9. The van der Waals surface area contributed by atoms with Crippen LogP contribution in [-0.4, -0.2) is 50.5 Å². The molecule has 0 heterocycles. The lowest BCUT2D eigenvalue weighted by molar-refractivity contribution is -0.141. The molecule has 2 amide bonds. The van der Waals surface area contributed by atoms with Gasteiger partial charge in [0.2, 0.25) is 21.8 Å². The van der Waals surface area contributed by atoms with E-state index in [0.717, 1.165) is 35.8 Å². The van der Waals surface area contributed by atoms with E-state index in [1.54, 1.807) is 23.1 Å². The molecule has 0 radical (unpaired) electrons. The van der Waals surface area contributed by atoms with E-state index in [1.807, 2.05) is 67.6 Å². The highest BCUT2D eigenvalue weighted by atomic mass is 35.5. The molecule has 0 aromatic heterocycles. The molecule has 0 saturated carbocycles. The normalized spacial score (nSPS) is 12.0. The summed E-state index contributed by atoms with van der Waals surface area (Å²) in [6, 6.07) is 23.6. The Morgan fingerprint density at radius 1 is 0.927 bits per heavy atom. The first-order chi connectivity index (χ1) is 19.6. The number of unbranched alkanes of at least 4 members (excludes halogenated alkanes) is 1. The summed E-state index contributed by atoms with van der Waals surface area (Å²) < 4.78 is 26.7. The zero-order chi connectivity index (χ0) is 29.8. The molecule has 3 aromatic rings. The van der Waals surface area contributed by atoms with E-state index in [4.69, 9.17) is 11.6 Å². The van der Waals surface area contributed by atoms with Crippen LogP contribution < -0.4 is 9.62 Å². The van der Waals surface area contributed by atoms with Crippen LogP contribution in [0.3, 0.4) is 0 Å². The number of benzene rings is 3. The maximum atomic E-state index is 13.9. The van der Waals surface area contributed by atoms with Crippen LogP contribution in [0.1, 0.15) is 49.3 Å². The van der Waals surface area contributed by atoms with Gasteiger partial charge in [-0.3, -0.25) is 13.9 Å². The zero-order valence-electron chi connectivity index (χ0n) is 24.1. The second-order valence-corrected chi connectivity index (χ2v) is 12.6. The summed E-state index contributed by atoms with van der Waals surface area (Å²) in [6.07, 6.45) is 3.66. The van der Waals surface area contributed by atoms with Gasteiger partial charge in [-0.1, -0.05) is 91.7 Å². The van der Waals surface area contributed by atoms with E-state index in [0.29, 0.717) is 23.7 Å². The second-order valence-electron chi connectivity index (χ2n) is 10.2. The Kier molecular flexibility index (Phi) is 12.2. The van der Waals surface area contributed by atoms with Crippen LogP contribution in [0.4, 0.5) is 5.69 Å². The van der Waals surface area contributed by atoms with Crippen LogP contribution in [0, 0.1) is 6.92 Å². The second kappa shape index (κ2) is 15.6. The molecule has 0 unspecified atom stereocenters. The molecule has 0 aliphatic heterocycles. The monoisotopic (exact) mass is 597 g/mol. The largest absolute Gasteiger partial charge is 0.354 e. The predicted octanol–water partition coefficient (Wildman–Crippen LogP) is 5.75. The van der Waals surface area contributed by atoms with Gasteiger partial charge in [0.05, 0.1) is 11.9 Å². The van der Waals surface area contributed by atoms with Gasteiger partial charge in [-0.25, -0.2) is 8.42 Å². The summed E-state index contributed by atoms with van der Waals surface area (Å²) in [5.74, 6) is -0.407. The Morgan fingerprint density at radius 2 is 1.56 bits per heavy atom. The van der Waals surface area contributed by atoms with Crippen molar-refractivity contribution in [3.05, 3.63) is 101 Å². The number of sulfonamides is 1. The fourth-order valence-corrected chi connectivity index (χ4v) is 5.86. The summed E-state index contributed by atoms with van der Waals surface area (Å²) in [5, 5.41) is 3.45. The highest BCUT2D eigenvalue weighted by molar-refractivity contribution is 7.92. The van der Waals surface area contributed by atoms with Gasteiger partial charge in [0, 0.05) is 37.5 Å². The number of anilines is 1. The molecule has 7 nitrogen and oxygen atoms in total. The summed E-state index contributed by atoms with van der Waals surface area (Å²) in [6.45, 7) is 4.79. The van der Waals surface area contributed by atoms with Crippen molar-refractivity contribution in [3.63, 3.8) is 0 Å². The SMILES string of the molecule is CCCCNC(=O)[C@@H](Cc1ccccc1)N(Cc1ccccc1)C(=O)CCCN(c1cc(Cl)ccc1C)S(C)(=O)=O. The quantitative estimate of drug-likeness (QED) is 0.226. The first kappa shape index (κ1) is 32.2.